The van der Waals surface area contributed by atoms with Crippen molar-refractivity contribution < 1.29 is 28.6 Å². The highest BCUT2D eigenvalue weighted by Crippen LogP contribution is 2.25. The number of carbonyl (C=O) groups excluding carboxylic acids is 3. The third-order valence-electron chi connectivity index (χ3n) is 3.39. The summed E-state index contributed by atoms with van der Waals surface area (Å²) in [7, 11) is 0. The molecule has 0 aliphatic rings. The van der Waals surface area contributed by atoms with Crippen LogP contribution < -0.4 is 11.1 Å². The normalized spacial score (nSPS) is 10.9. The molecular weight excluding hydrogens is 436 g/mol. The summed E-state index contributed by atoms with van der Waals surface area (Å²) in [6.07, 6.45) is 0.867. The van der Waals surface area contributed by atoms with Crippen LogP contribution in [-0.4, -0.2) is 47.2 Å². The minimum absolute atomic E-state index is 0. The zero-order valence-corrected chi connectivity index (χ0v) is 19.0. The van der Waals surface area contributed by atoms with Gasteiger partial charge >= 0.3 is 11.5 Å². The SMILES string of the molecule is CCOC(=O)OCC/C(SC(=O)OCC)=C(/C)NC(=O)Cc1cnc(C)nc1N.Cl. The summed E-state index contributed by atoms with van der Waals surface area (Å²) in [5, 5.41) is 2.19. The van der Waals surface area contributed by atoms with E-state index in [2.05, 4.69) is 20.0 Å². The number of allylic oxidation sites excluding steroid dienone is 1. The minimum atomic E-state index is -0.801. The van der Waals surface area contributed by atoms with Crippen molar-refractivity contribution in [2.75, 3.05) is 25.6 Å². The third kappa shape index (κ3) is 10.3. The summed E-state index contributed by atoms with van der Waals surface area (Å²) >= 11 is 0.818. The van der Waals surface area contributed by atoms with Crippen LogP contribution in [0, 0.1) is 6.92 Å². The maximum atomic E-state index is 12.4. The first-order chi connectivity index (χ1) is 13.8. The predicted octanol–water partition coefficient (Wildman–Crippen LogP) is 3.13. The van der Waals surface area contributed by atoms with Gasteiger partial charge in [-0.25, -0.2) is 19.6 Å². The Kier molecular flexibility index (Phi) is 13.2. The van der Waals surface area contributed by atoms with E-state index in [1.807, 2.05) is 0 Å². The van der Waals surface area contributed by atoms with Crippen LogP contribution in [0.25, 0.3) is 0 Å². The fraction of sp³-hybridized carbons (Fsp3) is 0.500. The van der Waals surface area contributed by atoms with Gasteiger partial charge in [0, 0.05) is 28.8 Å². The van der Waals surface area contributed by atoms with Gasteiger partial charge in [0.2, 0.25) is 5.91 Å². The summed E-state index contributed by atoms with van der Waals surface area (Å²) in [6, 6.07) is 0. The van der Waals surface area contributed by atoms with Crippen molar-refractivity contribution in [3.8, 4) is 0 Å². The molecule has 0 unspecified atom stereocenters. The fourth-order valence-corrected chi connectivity index (χ4v) is 2.86. The Morgan fingerprint density at radius 1 is 1.17 bits per heavy atom. The predicted molar refractivity (Wildman–Crippen MR) is 115 cm³/mol. The van der Waals surface area contributed by atoms with Gasteiger partial charge in [-0.15, -0.1) is 12.4 Å². The van der Waals surface area contributed by atoms with Gasteiger partial charge in [-0.2, -0.15) is 0 Å². The van der Waals surface area contributed by atoms with Crippen LogP contribution in [0.4, 0.5) is 15.4 Å². The Hall–Kier alpha value is -2.53. The van der Waals surface area contributed by atoms with Crippen molar-refractivity contribution in [2.45, 2.75) is 40.5 Å². The number of aryl methyl sites for hydroxylation is 1. The van der Waals surface area contributed by atoms with Crippen LogP contribution >= 0.6 is 24.2 Å². The number of aromatic nitrogens is 2. The molecule has 168 valence electrons. The lowest BCUT2D eigenvalue weighted by Gasteiger charge is -2.13. The van der Waals surface area contributed by atoms with Crippen LogP contribution in [0.3, 0.4) is 0 Å². The molecule has 1 amide bonds. The second-order valence-electron chi connectivity index (χ2n) is 5.67. The second kappa shape index (κ2) is 14.5. The average molecular weight is 463 g/mol. The minimum Gasteiger partial charge on any atom is -0.458 e. The highest BCUT2D eigenvalue weighted by molar-refractivity contribution is 8.16. The summed E-state index contributed by atoms with van der Waals surface area (Å²) in [5.41, 5.74) is 6.74. The zero-order valence-electron chi connectivity index (χ0n) is 17.4. The number of amides is 1. The van der Waals surface area contributed by atoms with Gasteiger partial charge in [0.15, 0.2) is 0 Å². The molecule has 30 heavy (non-hydrogen) atoms. The first-order valence-electron chi connectivity index (χ1n) is 8.98. The number of rotatable bonds is 9. The topological polar surface area (TPSA) is 143 Å². The first-order valence-corrected chi connectivity index (χ1v) is 9.80. The quantitative estimate of drug-likeness (QED) is 0.525. The van der Waals surface area contributed by atoms with E-state index < -0.39 is 11.5 Å². The molecule has 3 N–H and O–H groups in total. The van der Waals surface area contributed by atoms with Gasteiger partial charge in [0.1, 0.15) is 11.6 Å². The lowest BCUT2D eigenvalue weighted by Crippen LogP contribution is -2.25. The van der Waals surface area contributed by atoms with Crippen LogP contribution in [0.1, 0.15) is 38.6 Å². The smallest absolute Gasteiger partial charge is 0.458 e. The molecule has 0 aromatic carbocycles. The van der Waals surface area contributed by atoms with E-state index in [4.69, 9.17) is 15.2 Å². The third-order valence-corrected chi connectivity index (χ3v) is 4.44. The number of carbonyl (C=O) groups is 3. The highest BCUT2D eigenvalue weighted by Gasteiger charge is 2.16. The van der Waals surface area contributed by atoms with E-state index in [0.29, 0.717) is 22.0 Å². The van der Waals surface area contributed by atoms with Crippen molar-refractivity contribution in [2.24, 2.45) is 0 Å². The molecule has 1 aromatic rings. The fourth-order valence-electron chi connectivity index (χ4n) is 2.09. The maximum absolute atomic E-state index is 12.4. The van der Waals surface area contributed by atoms with Crippen molar-refractivity contribution in [1.82, 2.24) is 15.3 Å². The standard InChI is InChI=1S/C18H26N4O6S.ClH/c1-5-26-17(24)28-8-7-14(29-18(25)27-6-2)11(3)21-15(23)9-13-10-20-12(4)22-16(13)19;/h10H,5-9H2,1-4H3,(H,21,23)(H2,19,20,22);1H/b14-11+;. The molecule has 0 aliphatic heterocycles. The van der Waals surface area contributed by atoms with Gasteiger partial charge in [0.05, 0.1) is 26.2 Å². The lowest BCUT2D eigenvalue weighted by molar-refractivity contribution is -0.119. The van der Waals surface area contributed by atoms with Gasteiger partial charge < -0.3 is 25.3 Å². The monoisotopic (exact) mass is 462 g/mol. The molecule has 0 bridgehead atoms. The number of ether oxygens (including phenoxy) is 3. The number of nitrogens with zero attached hydrogens (tertiary/aromatic N) is 2. The zero-order chi connectivity index (χ0) is 21.8. The first kappa shape index (κ1) is 27.5. The Labute approximate surface area is 185 Å². The number of hydrogen-bond donors (Lipinski definition) is 2. The molecule has 1 heterocycles. The Balaban J connectivity index is 0.00000841. The Bertz CT molecular complexity index is 775. The van der Waals surface area contributed by atoms with Gasteiger partial charge in [-0.1, -0.05) is 0 Å². The van der Waals surface area contributed by atoms with E-state index >= 15 is 0 Å². The van der Waals surface area contributed by atoms with Gasteiger partial charge in [0.25, 0.3) is 0 Å². The molecule has 0 saturated heterocycles. The summed E-state index contributed by atoms with van der Waals surface area (Å²) in [6.45, 7) is 7.08. The van der Waals surface area contributed by atoms with Crippen molar-refractivity contribution in [3.63, 3.8) is 0 Å². The molecule has 1 aromatic heterocycles. The maximum Gasteiger partial charge on any atom is 0.508 e. The van der Waals surface area contributed by atoms with Gasteiger partial charge in [-0.05, 0) is 39.5 Å². The van der Waals surface area contributed by atoms with Crippen LogP contribution in [0.15, 0.2) is 16.8 Å². The van der Waals surface area contributed by atoms with E-state index in [9.17, 15) is 14.4 Å². The number of nitrogens with two attached hydrogens (primary N) is 1. The summed E-state index contributed by atoms with van der Waals surface area (Å²) < 4.78 is 14.5. The molecular formula is C18H27ClN4O6S. The lowest BCUT2D eigenvalue weighted by atomic mass is 10.2. The van der Waals surface area contributed by atoms with Crippen molar-refractivity contribution in [1.29, 1.82) is 0 Å². The van der Waals surface area contributed by atoms with E-state index in [1.54, 1.807) is 27.7 Å². The van der Waals surface area contributed by atoms with Crippen LogP contribution in [0.2, 0.25) is 0 Å². The molecule has 12 heteroatoms. The van der Waals surface area contributed by atoms with E-state index in [0.717, 1.165) is 11.8 Å². The molecule has 0 spiro atoms. The number of hydrogen-bond acceptors (Lipinski definition) is 10. The number of halogens is 1. The Morgan fingerprint density at radius 3 is 2.43 bits per heavy atom. The van der Waals surface area contributed by atoms with E-state index in [1.165, 1.54) is 6.20 Å². The van der Waals surface area contributed by atoms with Crippen molar-refractivity contribution in [3.05, 3.63) is 28.2 Å². The Morgan fingerprint density at radius 2 is 1.83 bits per heavy atom. The summed E-state index contributed by atoms with van der Waals surface area (Å²) in [4.78, 5) is 44.0. The summed E-state index contributed by atoms with van der Waals surface area (Å²) in [5.74, 6) is 0.394. The molecule has 0 fully saturated rings. The van der Waals surface area contributed by atoms with E-state index in [-0.39, 0.29) is 56.8 Å². The molecule has 0 atom stereocenters. The van der Waals surface area contributed by atoms with Crippen molar-refractivity contribution >= 4 is 47.4 Å². The van der Waals surface area contributed by atoms with Crippen LogP contribution in [0.5, 0.6) is 0 Å². The number of nitrogens with one attached hydrogen (secondary N) is 1. The largest absolute Gasteiger partial charge is 0.508 e. The average Bonchev–Trinajstić information content (AvgIpc) is 2.63. The van der Waals surface area contributed by atoms with Gasteiger partial charge in [-0.3, -0.25) is 4.79 Å². The van der Waals surface area contributed by atoms with Crippen LogP contribution in [-0.2, 0) is 25.4 Å². The molecule has 10 nitrogen and oxygen atoms in total. The number of nitrogen functional groups attached to an aromatic ring is 1. The molecule has 1 rings (SSSR count). The highest BCUT2D eigenvalue weighted by atomic mass is 35.5. The molecule has 0 saturated carbocycles. The number of anilines is 1. The molecule has 0 aliphatic carbocycles. The molecule has 0 radical (unpaired) electrons. The number of thioether (sulfide) groups is 1. The second-order valence-corrected chi connectivity index (χ2v) is 6.70.